The molecule has 2 heterocycles. The van der Waals surface area contributed by atoms with Crippen LogP contribution in [0.2, 0.25) is 0 Å². The minimum absolute atomic E-state index is 0.203. The second-order valence-corrected chi connectivity index (χ2v) is 6.34. The van der Waals surface area contributed by atoms with Gasteiger partial charge in [0.15, 0.2) is 0 Å². The van der Waals surface area contributed by atoms with Gasteiger partial charge in [0.05, 0.1) is 9.17 Å². The number of halogens is 1. The quantitative estimate of drug-likeness (QED) is 0.903. The molecule has 2 aromatic heterocycles. The van der Waals surface area contributed by atoms with E-state index < -0.39 is 11.4 Å². The fraction of sp³-hybridized carbons (Fsp3) is 0.333. The van der Waals surface area contributed by atoms with Crippen LogP contribution in [0, 0.1) is 0 Å². The van der Waals surface area contributed by atoms with Crippen molar-refractivity contribution in [2.45, 2.75) is 26.2 Å². The van der Waals surface area contributed by atoms with Crippen LogP contribution in [0.15, 0.2) is 14.8 Å². The molecule has 0 bridgehead atoms. The Morgan fingerprint density at radius 3 is 2.89 bits per heavy atom. The number of unbranched alkanes of at least 4 members (excludes halogenated alkanes) is 1. The molecule has 0 atom stereocenters. The van der Waals surface area contributed by atoms with Gasteiger partial charge in [0, 0.05) is 6.20 Å². The van der Waals surface area contributed by atoms with Crippen LogP contribution >= 0.6 is 27.3 Å². The van der Waals surface area contributed by atoms with Gasteiger partial charge in [0.1, 0.15) is 10.4 Å². The Balaban J connectivity index is 2.70. The van der Waals surface area contributed by atoms with Crippen LogP contribution in [0.25, 0.3) is 10.2 Å². The lowest BCUT2D eigenvalue weighted by molar-refractivity contribution is 0.0695. The number of fused-ring (bicyclic) bond motifs is 1. The van der Waals surface area contributed by atoms with Crippen molar-refractivity contribution in [1.82, 2.24) is 4.98 Å². The van der Waals surface area contributed by atoms with Gasteiger partial charge in [-0.2, -0.15) is 0 Å². The molecular weight excluding hydrogens is 318 g/mol. The summed E-state index contributed by atoms with van der Waals surface area (Å²) in [7, 11) is 0. The number of aryl methyl sites for hydroxylation is 1. The Labute approximate surface area is 116 Å². The van der Waals surface area contributed by atoms with Crippen LogP contribution in [-0.4, -0.2) is 16.1 Å². The highest BCUT2D eigenvalue weighted by Crippen LogP contribution is 2.33. The maximum atomic E-state index is 12.2. The molecule has 0 aliphatic rings. The number of carboxylic acids is 1. The zero-order valence-electron chi connectivity index (χ0n) is 9.75. The van der Waals surface area contributed by atoms with Crippen molar-refractivity contribution < 1.29 is 9.90 Å². The van der Waals surface area contributed by atoms with E-state index in [9.17, 15) is 9.59 Å². The van der Waals surface area contributed by atoms with Crippen LogP contribution in [0.5, 0.6) is 0 Å². The van der Waals surface area contributed by atoms with E-state index in [-0.39, 0.29) is 5.56 Å². The molecule has 6 heteroatoms. The zero-order valence-corrected chi connectivity index (χ0v) is 12.2. The molecule has 0 amide bonds. The van der Waals surface area contributed by atoms with Gasteiger partial charge in [-0.3, -0.25) is 4.79 Å². The summed E-state index contributed by atoms with van der Waals surface area (Å²) in [5.41, 5.74) is 0.316. The number of aromatic amines is 1. The monoisotopic (exact) mass is 329 g/mol. The predicted octanol–water partition coefficient (Wildman–Crippen LogP) is 3.39. The number of aromatic nitrogens is 1. The minimum atomic E-state index is -1.19. The highest BCUT2D eigenvalue weighted by Gasteiger charge is 2.18. The summed E-state index contributed by atoms with van der Waals surface area (Å²) in [6.07, 6.45) is 4.05. The highest BCUT2D eigenvalue weighted by atomic mass is 79.9. The molecule has 0 saturated heterocycles. The average molecular weight is 330 g/mol. The van der Waals surface area contributed by atoms with Crippen molar-refractivity contribution in [3.63, 3.8) is 0 Å². The van der Waals surface area contributed by atoms with Gasteiger partial charge in [-0.15, -0.1) is 11.3 Å². The third kappa shape index (κ3) is 2.22. The van der Waals surface area contributed by atoms with Crippen molar-refractivity contribution in [1.29, 1.82) is 0 Å². The molecule has 96 valence electrons. The number of carbonyl (C=O) groups is 1. The average Bonchev–Trinajstić information content (AvgIpc) is 2.63. The van der Waals surface area contributed by atoms with Gasteiger partial charge in [-0.05, 0) is 34.3 Å². The maximum Gasteiger partial charge on any atom is 0.341 e. The van der Waals surface area contributed by atoms with Crippen molar-refractivity contribution >= 4 is 43.5 Å². The lowest BCUT2D eigenvalue weighted by atomic mass is 10.1. The standard InChI is InChI=1S/C12H12BrNO3S/c1-2-3-4-6-8-9(15)7(12(16)17)5-14-11(8)18-10(6)13/h5H,2-4H2,1H3,(H,14,15)(H,16,17). The van der Waals surface area contributed by atoms with Gasteiger partial charge in [0.2, 0.25) is 5.43 Å². The van der Waals surface area contributed by atoms with Crippen LogP contribution in [0.3, 0.4) is 0 Å². The van der Waals surface area contributed by atoms with Crippen LogP contribution < -0.4 is 5.43 Å². The molecule has 2 aromatic rings. The second kappa shape index (κ2) is 5.24. The second-order valence-electron chi connectivity index (χ2n) is 4.00. The molecule has 0 radical (unpaired) electrons. The van der Waals surface area contributed by atoms with Gasteiger partial charge >= 0.3 is 5.97 Å². The number of hydrogen-bond acceptors (Lipinski definition) is 3. The molecule has 4 nitrogen and oxygen atoms in total. The van der Waals surface area contributed by atoms with Gasteiger partial charge in [0.25, 0.3) is 0 Å². The van der Waals surface area contributed by atoms with Crippen molar-refractivity contribution in [2.75, 3.05) is 0 Å². The molecule has 0 aliphatic heterocycles. The summed E-state index contributed by atoms with van der Waals surface area (Å²) in [4.78, 5) is 26.7. The largest absolute Gasteiger partial charge is 0.477 e. The number of H-pyrrole nitrogens is 1. The van der Waals surface area contributed by atoms with E-state index in [1.807, 2.05) is 0 Å². The molecular formula is C12H12BrNO3S. The molecule has 0 fully saturated rings. The van der Waals surface area contributed by atoms with Crippen LogP contribution in [0.4, 0.5) is 0 Å². The van der Waals surface area contributed by atoms with E-state index in [0.717, 1.165) is 33.4 Å². The smallest absolute Gasteiger partial charge is 0.341 e. The molecule has 2 N–H and O–H groups in total. The Morgan fingerprint density at radius 1 is 1.56 bits per heavy atom. The first-order valence-electron chi connectivity index (χ1n) is 5.62. The predicted molar refractivity (Wildman–Crippen MR) is 75.7 cm³/mol. The molecule has 0 aliphatic carbocycles. The Morgan fingerprint density at radius 2 is 2.28 bits per heavy atom. The normalized spacial score (nSPS) is 11.0. The molecule has 0 saturated carbocycles. The third-order valence-electron chi connectivity index (χ3n) is 2.79. The minimum Gasteiger partial charge on any atom is -0.477 e. The first-order valence-corrected chi connectivity index (χ1v) is 7.23. The van der Waals surface area contributed by atoms with Gasteiger partial charge < -0.3 is 10.1 Å². The van der Waals surface area contributed by atoms with Gasteiger partial charge in [-0.25, -0.2) is 4.79 Å². The lowest BCUT2D eigenvalue weighted by Crippen LogP contribution is -2.15. The first-order chi connectivity index (χ1) is 8.56. The fourth-order valence-corrected chi connectivity index (χ4v) is 3.68. The Bertz CT molecular complexity index is 659. The number of rotatable bonds is 4. The number of aromatic carboxylic acids is 1. The molecule has 0 unspecified atom stereocenters. The highest BCUT2D eigenvalue weighted by molar-refractivity contribution is 9.11. The van der Waals surface area contributed by atoms with E-state index in [0.29, 0.717) is 5.39 Å². The maximum absolute atomic E-state index is 12.2. The SMILES string of the molecule is CCCCc1c(Br)sc2[nH]cc(C(=O)O)c(=O)c12. The Kier molecular flexibility index (Phi) is 3.87. The first kappa shape index (κ1) is 13.3. The molecule has 2 rings (SSSR count). The summed E-state index contributed by atoms with van der Waals surface area (Å²) >= 11 is 4.88. The number of hydrogen-bond donors (Lipinski definition) is 2. The number of thiophene rings is 1. The third-order valence-corrected chi connectivity index (χ3v) is 4.70. The summed E-state index contributed by atoms with van der Waals surface area (Å²) in [5, 5.41) is 9.48. The fourth-order valence-electron chi connectivity index (χ4n) is 1.85. The van der Waals surface area contributed by atoms with Gasteiger partial charge in [-0.1, -0.05) is 13.3 Å². The van der Waals surface area contributed by atoms with E-state index in [1.165, 1.54) is 17.5 Å². The summed E-state index contributed by atoms with van der Waals surface area (Å²) in [5.74, 6) is -1.19. The summed E-state index contributed by atoms with van der Waals surface area (Å²) in [6, 6.07) is 0. The van der Waals surface area contributed by atoms with E-state index in [1.54, 1.807) is 0 Å². The number of carboxylic acid groups (broad SMARTS) is 1. The topological polar surface area (TPSA) is 70.2 Å². The lowest BCUT2D eigenvalue weighted by Gasteiger charge is -1.99. The van der Waals surface area contributed by atoms with E-state index in [2.05, 4.69) is 27.8 Å². The van der Waals surface area contributed by atoms with Crippen molar-refractivity contribution in [3.05, 3.63) is 31.3 Å². The zero-order chi connectivity index (χ0) is 13.3. The van der Waals surface area contributed by atoms with Crippen LogP contribution in [0.1, 0.15) is 35.7 Å². The number of nitrogens with one attached hydrogen (secondary N) is 1. The Hall–Kier alpha value is -1.14. The molecule has 0 aromatic carbocycles. The molecule has 18 heavy (non-hydrogen) atoms. The molecule has 0 spiro atoms. The van der Waals surface area contributed by atoms with Crippen molar-refractivity contribution in [2.24, 2.45) is 0 Å². The summed E-state index contributed by atoms with van der Waals surface area (Å²) < 4.78 is 0.904. The van der Waals surface area contributed by atoms with E-state index in [4.69, 9.17) is 5.11 Å². The van der Waals surface area contributed by atoms with Crippen molar-refractivity contribution in [3.8, 4) is 0 Å². The van der Waals surface area contributed by atoms with E-state index >= 15 is 0 Å². The van der Waals surface area contributed by atoms with Crippen LogP contribution in [-0.2, 0) is 6.42 Å². The number of pyridine rings is 1. The summed E-state index contributed by atoms with van der Waals surface area (Å²) in [6.45, 7) is 2.08.